The summed E-state index contributed by atoms with van der Waals surface area (Å²) < 4.78 is 5.53. The third kappa shape index (κ3) is 7.02. The zero-order valence-corrected chi connectivity index (χ0v) is 18.6. The van der Waals surface area contributed by atoms with Crippen LogP contribution in [0.2, 0.25) is 0 Å². The van der Waals surface area contributed by atoms with Crippen LogP contribution in [0.3, 0.4) is 0 Å². The quantitative estimate of drug-likeness (QED) is 0.294. The van der Waals surface area contributed by atoms with Gasteiger partial charge >= 0.3 is 0 Å². The highest BCUT2D eigenvalue weighted by atomic mass is 16.5. The summed E-state index contributed by atoms with van der Waals surface area (Å²) in [6.07, 6.45) is 11.8. The molecule has 30 heavy (non-hydrogen) atoms. The average molecular weight is 402 g/mol. The molecule has 0 atom stereocenters. The first-order valence-corrected chi connectivity index (χ1v) is 11.5. The van der Waals surface area contributed by atoms with E-state index in [1.54, 1.807) is 0 Å². The van der Waals surface area contributed by atoms with Crippen LogP contribution in [-0.4, -0.2) is 11.6 Å². The molecule has 1 aromatic heterocycles. The SMILES string of the molecule is CCCCCCCc1ccc(CCc2ccc(-c3ccc(OCC)cc3)cc2)cn1. The first-order chi connectivity index (χ1) is 14.8. The van der Waals surface area contributed by atoms with Crippen LogP contribution >= 0.6 is 0 Å². The van der Waals surface area contributed by atoms with E-state index >= 15 is 0 Å². The second-order valence-electron chi connectivity index (χ2n) is 7.98. The number of ether oxygens (including phenoxy) is 1. The number of benzene rings is 2. The normalized spacial score (nSPS) is 10.9. The lowest BCUT2D eigenvalue weighted by Crippen LogP contribution is -1.95. The predicted molar refractivity (Wildman–Crippen MR) is 127 cm³/mol. The van der Waals surface area contributed by atoms with Crippen molar-refractivity contribution in [2.24, 2.45) is 0 Å². The number of hydrogen-bond acceptors (Lipinski definition) is 2. The van der Waals surface area contributed by atoms with Gasteiger partial charge in [0.05, 0.1) is 6.61 Å². The standard InChI is InChI=1S/C28H35NO/c1-3-5-6-7-8-9-27-19-14-24(22-29-27)11-10-23-12-15-25(16-13-23)26-17-20-28(21-18-26)30-4-2/h12-22H,3-11H2,1-2H3. The first-order valence-electron chi connectivity index (χ1n) is 11.5. The predicted octanol–water partition coefficient (Wildman–Crippen LogP) is 7.45. The van der Waals surface area contributed by atoms with Crippen molar-refractivity contribution in [1.29, 1.82) is 0 Å². The van der Waals surface area contributed by atoms with Gasteiger partial charge in [0.15, 0.2) is 0 Å². The summed E-state index contributed by atoms with van der Waals surface area (Å²) in [6.45, 7) is 4.97. The number of hydrogen-bond donors (Lipinski definition) is 0. The van der Waals surface area contributed by atoms with E-state index in [4.69, 9.17) is 4.74 Å². The maximum Gasteiger partial charge on any atom is 0.119 e. The van der Waals surface area contributed by atoms with Crippen LogP contribution in [0.4, 0.5) is 0 Å². The lowest BCUT2D eigenvalue weighted by Gasteiger charge is -2.07. The molecule has 0 unspecified atom stereocenters. The van der Waals surface area contributed by atoms with Gasteiger partial charge < -0.3 is 4.74 Å². The van der Waals surface area contributed by atoms with Crippen molar-refractivity contribution in [2.75, 3.05) is 6.61 Å². The molecule has 0 amide bonds. The summed E-state index contributed by atoms with van der Waals surface area (Å²) >= 11 is 0. The van der Waals surface area contributed by atoms with Crippen molar-refractivity contribution in [3.63, 3.8) is 0 Å². The van der Waals surface area contributed by atoms with Gasteiger partial charge in [0.2, 0.25) is 0 Å². The van der Waals surface area contributed by atoms with E-state index in [-0.39, 0.29) is 0 Å². The summed E-state index contributed by atoms with van der Waals surface area (Å²) in [6, 6.07) is 21.7. The van der Waals surface area contributed by atoms with Crippen molar-refractivity contribution in [3.8, 4) is 16.9 Å². The van der Waals surface area contributed by atoms with Gasteiger partial charge in [0.1, 0.15) is 5.75 Å². The highest BCUT2D eigenvalue weighted by Crippen LogP contribution is 2.23. The van der Waals surface area contributed by atoms with Crippen molar-refractivity contribution in [3.05, 3.63) is 83.7 Å². The second-order valence-corrected chi connectivity index (χ2v) is 7.98. The molecule has 0 aliphatic rings. The van der Waals surface area contributed by atoms with Gasteiger partial charge in [-0.3, -0.25) is 4.98 Å². The maximum absolute atomic E-state index is 5.53. The Morgan fingerprint density at radius 2 is 1.27 bits per heavy atom. The van der Waals surface area contributed by atoms with E-state index in [1.807, 2.05) is 19.1 Å². The molecular formula is C28H35NO. The molecule has 3 aromatic rings. The van der Waals surface area contributed by atoms with Crippen LogP contribution in [0, 0.1) is 0 Å². The molecule has 0 spiro atoms. The van der Waals surface area contributed by atoms with Crippen LogP contribution in [0.5, 0.6) is 5.75 Å². The molecule has 0 N–H and O–H groups in total. The second kappa shape index (κ2) is 12.2. The van der Waals surface area contributed by atoms with Gasteiger partial charge in [-0.25, -0.2) is 0 Å². The third-order valence-corrected chi connectivity index (χ3v) is 5.58. The van der Waals surface area contributed by atoms with E-state index < -0.39 is 0 Å². The van der Waals surface area contributed by atoms with Gasteiger partial charge in [0.25, 0.3) is 0 Å². The molecule has 0 radical (unpaired) electrons. The largest absolute Gasteiger partial charge is 0.494 e. The van der Waals surface area contributed by atoms with Gasteiger partial charge in [-0.15, -0.1) is 0 Å². The Bertz CT molecular complexity index is 851. The summed E-state index contributed by atoms with van der Waals surface area (Å²) in [4.78, 5) is 4.67. The lowest BCUT2D eigenvalue weighted by molar-refractivity contribution is 0.340. The number of nitrogens with zero attached hydrogens (tertiary/aromatic N) is 1. The summed E-state index contributed by atoms with van der Waals surface area (Å²) in [5.41, 5.74) is 6.38. The summed E-state index contributed by atoms with van der Waals surface area (Å²) in [5.74, 6) is 0.925. The topological polar surface area (TPSA) is 22.1 Å². The molecule has 2 aromatic carbocycles. The Morgan fingerprint density at radius 3 is 1.90 bits per heavy atom. The molecular weight excluding hydrogens is 366 g/mol. The van der Waals surface area contributed by atoms with E-state index in [1.165, 1.54) is 60.1 Å². The zero-order chi connectivity index (χ0) is 21.0. The number of aryl methyl sites for hydroxylation is 3. The van der Waals surface area contributed by atoms with Crippen molar-refractivity contribution in [2.45, 2.75) is 65.2 Å². The molecule has 3 rings (SSSR count). The minimum Gasteiger partial charge on any atom is -0.494 e. The summed E-state index contributed by atoms with van der Waals surface area (Å²) in [7, 11) is 0. The molecule has 0 aliphatic heterocycles. The molecule has 2 heteroatoms. The van der Waals surface area contributed by atoms with Crippen molar-refractivity contribution in [1.82, 2.24) is 4.98 Å². The molecule has 0 bridgehead atoms. The summed E-state index contributed by atoms with van der Waals surface area (Å²) in [5, 5.41) is 0. The van der Waals surface area contributed by atoms with Crippen molar-refractivity contribution >= 4 is 0 Å². The molecule has 158 valence electrons. The molecule has 0 aliphatic carbocycles. The smallest absolute Gasteiger partial charge is 0.119 e. The molecule has 2 nitrogen and oxygen atoms in total. The third-order valence-electron chi connectivity index (χ3n) is 5.58. The fourth-order valence-electron chi connectivity index (χ4n) is 3.72. The van der Waals surface area contributed by atoms with Gasteiger partial charge in [-0.1, -0.05) is 75.1 Å². The van der Waals surface area contributed by atoms with Gasteiger partial charge in [0, 0.05) is 11.9 Å². The first kappa shape index (κ1) is 22.1. The Morgan fingerprint density at radius 1 is 0.633 bits per heavy atom. The monoisotopic (exact) mass is 401 g/mol. The average Bonchev–Trinajstić information content (AvgIpc) is 2.79. The molecule has 0 fully saturated rings. The fourth-order valence-corrected chi connectivity index (χ4v) is 3.72. The number of pyridine rings is 1. The van der Waals surface area contributed by atoms with Crippen LogP contribution < -0.4 is 4.74 Å². The Hall–Kier alpha value is -2.61. The number of aromatic nitrogens is 1. The highest BCUT2D eigenvalue weighted by Gasteiger charge is 2.02. The molecule has 1 heterocycles. The van der Waals surface area contributed by atoms with Crippen molar-refractivity contribution < 1.29 is 4.74 Å². The fraction of sp³-hybridized carbons (Fsp3) is 0.393. The highest BCUT2D eigenvalue weighted by molar-refractivity contribution is 5.64. The van der Waals surface area contributed by atoms with Crippen LogP contribution in [-0.2, 0) is 19.3 Å². The van der Waals surface area contributed by atoms with E-state index in [0.29, 0.717) is 6.61 Å². The lowest BCUT2D eigenvalue weighted by atomic mass is 10.0. The van der Waals surface area contributed by atoms with E-state index in [9.17, 15) is 0 Å². The van der Waals surface area contributed by atoms with Crippen LogP contribution in [0.1, 0.15) is 62.8 Å². The molecule has 0 saturated carbocycles. The zero-order valence-electron chi connectivity index (χ0n) is 18.6. The minimum atomic E-state index is 0.700. The Labute approximate surface area is 182 Å². The number of rotatable bonds is 12. The maximum atomic E-state index is 5.53. The number of unbranched alkanes of at least 4 members (excludes halogenated alkanes) is 4. The van der Waals surface area contributed by atoms with E-state index in [0.717, 1.165) is 25.0 Å². The van der Waals surface area contributed by atoms with Gasteiger partial charge in [-0.05, 0) is 73.1 Å². The molecule has 0 saturated heterocycles. The Balaban J connectivity index is 1.46. The van der Waals surface area contributed by atoms with Crippen LogP contribution in [0.25, 0.3) is 11.1 Å². The van der Waals surface area contributed by atoms with Gasteiger partial charge in [-0.2, -0.15) is 0 Å². The minimum absolute atomic E-state index is 0.700. The van der Waals surface area contributed by atoms with Crippen LogP contribution in [0.15, 0.2) is 66.9 Å². The Kier molecular flexibility index (Phi) is 8.96. The van der Waals surface area contributed by atoms with E-state index in [2.05, 4.69) is 66.6 Å².